The lowest BCUT2D eigenvalue weighted by atomic mass is 9.99. The number of hydrogen-bond acceptors (Lipinski definition) is 5. The molecule has 0 bridgehead atoms. The van der Waals surface area contributed by atoms with Crippen molar-refractivity contribution in [2.75, 3.05) is 18.9 Å². The second-order valence-corrected chi connectivity index (χ2v) is 4.51. The number of sulfonamides is 1. The first-order valence-electron chi connectivity index (χ1n) is 4.09. The van der Waals surface area contributed by atoms with Gasteiger partial charge in [-0.15, -0.1) is 0 Å². The quantitative estimate of drug-likeness (QED) is 0.503. The molecule has 0 spiro atoms. The first-order valence-corrected chi connectivity index (χ1v) is 5.57. The molecule has 0 saturated heterocycles. The fraction of sp³-hybridized carbons (Fsp3) is 0.286. The van der Waals surface area contributed by atoms with Crippen LogP contribution in [0.3, 0.4) is 0 Å². The number of hydrogen-bond donors (Lipinski definition) is 3. The van der Waals surface area contributed by atoms with E-state index in [1.807, 2.05) is 0 Å². The van der Waals surface area contributed by atoms with Crippen molar-refractivity contribution in [3.63, 3.8) is 0 Å². The molecule has 15 heavy (non-hydrogen) atoms. The summed E-state index contributed by atoms with van der Waals surface area (Å²) in [5.74, 6) is -0.130. The molecule has 8 heteroatoms. The average molecular weight is 227 g/mol. The van der Waals surface area contributed by atoms with Crippen molar-refractivity contribution in [1.29, 1.82) is 0 Å². The summed E-state index contributed by atoms with van der Waals surface area (Å²) >= 11 is 0. The van der Waals surface area contributed by atoms with E-state index in [9.17, 15) is 8.42 Å². The van der Waals surface area contributed by atoms with Gasteiger partial charge in [0.05, 0.1) is 6.61 Å². The number of pyridine rings is 1. The molecule has 1 rings (SSSR count). The summed E-state index contributed by atoms with van der Waals surface area (Å²) in [7, 11) is 1.64. The molecule has 2 radical (unpaired) electrons. The van der Waals surface area contributed by atoms with Gasteiger partial charge in [-0.3, -0.25) is 0 Å². The number of nitrogen functional groups attached to an aromatic ring is 1. The normalized spacial score (nSPS) is 11.5. The third kappa shape index (κ3) is 2.91. The molecule has 1 heterocycles. The van der Waals surface area contributed by atoms with E-state index in [0.717, 1.165) is 0 Å². The van der Waals surface area contributed by atoms with Gasteiger partial charge in [0.25, 0.3) is 0 Å². The van der Waals surface area contributed by atoms with E-state index in [0.29, 0.717) is 0 Å². The van der Waals surface area contributed by atoms with Gasteiger partial charge in [0.1, 0.15) is 18.6 Å². The van der Waals surface area contributed by atoms with Crippen LogP contribution in [0.4, 0.5) is 5.82 Å². The molecule has 6 nitrogen and oxygen atoms in total. The number of aliphatic hydroxyl groups excluding tert-OH is 1. The number of aliphatic hydroxyl groups is 1. The Labute approximate surface area is 89.0 Å². The van der Waals surface area contributed by atoms with E-state index in [2.05, 4.69) is 9.71 Å². The summed E-state index contributed by atoms with van der Waals surface area (Å²) < 4.78 is 25.3. The minimum absolute atomic E-state index is 0.0867. The van der Waals surface area contributed by atoms with E-state index in [-0.39, 0.29) is 29.3 Å². The van der Waals surface area contributed by atoms with E-state index in [1.54, 1.807) is 0 Å². The molecule has 0 aromatic carbocycles. The van der Waals surface area contributed by atoms with Crippen LogP contribution in [0.25, 0.3) is 0 Å². The van der Waals surface area contributed by atoms with Crippen molar-refractivity contribution >= 4 is 29.2 Å². The highest BCUT2D eigenvalue weighted by Crippen LogP contribution is 2.12. The van der Waals surface area contributed by atoms with Crippen LogP contribution in [0.1, 0.15) is 0 Å². The Morgan fingerprint density at radius 2 is 2.27 bits per heavy atom. The SMILES string of the molecule is [B]c1cnc(N)c(S(=O)(=O)NCCO)c1. The zero-order valence-corrected chi connectivity index (χ0v) is 8.66. The molecule has 1 aromatic rings. The first kappa shape index (κ1) is 12.0. The standard InChI is InChI=1S/C7H10BN3O3S/c8-5-3-6(7(9)10-4-5)15(13,14)11-1-2-12/h3-4,11-12H,1-2H2,(H2,9,10). The highest BCUT2D eigenvalue weighted by atomic mass is 32.2. The van der Waals surface area contributed by atoms with E-state index >= 15 is 0 Å². The molecule has 0 aliphatic carbocycles. The number of nitrogens with zero attached hydrogens (tertiary/aromatic N) is 1. The Morgan fingerprint density at radius 3 is 2.87 bits per heavy atom. The van der Waals surface area contributed by atoms with Crippen LogP contribution < -0.4 is 15.9 Å². The number of nitrogens with two attached hydrogens (primary N) is 1. The molecule has 1 aromatic heterocycles. The van der Waals surface area contributed by atoms with Crippen LogP contribution >= 0.6 is 0 Å². The summed E-state index contributed by atoms with van der Waals surface area (Å²) in [5.41, 5.74) is 5.60. The van der Waals surface area contributed by atoms with E-state index in [4.69, 9.17) is 18.7 Å². The smallest absolute Gasteiger partial charge is 0.244 e. The molecule has 0 atom stereocenters. The predicted molar refractivity (Wildman–Crippen MR) is 56.3 cm³/mol. The minimum atomic E-state index is -3.75. The Bertz CT molecular complexity index is 449. The van der Waals surface area contributed by atoms with Gasteiger partial charge >= 0.3 is 0 Å². The molecule has 0 aliphatic heterocycles. The van der Waals surface area contributed by atoms with Gasteiger partial charge in [-0.1, -0.05) is 5.46 Å². The van der Waals surface area contributed by atoms with Gasteiger partial charge in [0, 0.05) is 12.7 Å². The fourth-order valence-electron chi connectivity index (χ4n) is 0.943. The molecule has 0 amide bonds. The largest absolute Gasteiger partial charge is 0.395 e. The molecule has 0 saturated carbocycles. The maximum Gasteiger partial charge on any atom is 0.244 e. The van der Waals surface area contributed by atoms with Crippen molar-refractivity contribution in [2.45, 2.75) is 4.90 Å². The van der Waals surface area contributed by atoms with Crippen molar-refractivity contribution < 1.29 is 13.5 Å². The fourth-order valence-corrected chi connectivity index (χ4v) is 2.08. The lowest BCUT2D eigenvalue weighted by molar-refractivity contribution is 0.301. The Morgan fingerprint density at radius 1 is 1.60 bits per heavy atom. The van der Waals surface area contributed by atoms with Crippen molar-refractivity contribution in [1.82, 2.24) is 9.71 Å². The van der Waals surface area contributed by atoms with Crippen LogP contribution in [-0.4, -0.2) is 39.5 Å². The van der Waals surface area contributed by atoms with Gasteiger partial charge in [-0.2, -0.15) is 0 Å². The molecular formula is C7H10BN3O3S. The first-order chi connectivity index (χ1) is 6.97. The molecule has 0 fully saturated rings. The third-order valence-electron chi connectivity index (χ3n) is 1.60. The van der Waals surface area contributed by atoms with Crippen LogP contribution in [0.2, 0.25) is 0 Å². The monoisotopic (exact) mass is 227 g/mol. The zero-order valence-electron chi connectivity index (χ0n) is 7.84. The topological polar surface area (TPSA) is 105 Å². The second kappa shape index (κ2) is 4.60. The van der Waals surface area contributed by atoms with Crippen LogP contribution in [0, 0.1) is 0 Å². The van der Waals surface area contributed by atoms with Crippen LogP contribution in [0.5, 0.6) is 0 Å². The van der Waals surface area contributed by atoms with Crippen molar-refractivity contribution in [3.8, 4) is 0 Å². The zero-order chi connectivity index (χ0) is 11.5. The molecular weight excluding hydrogens is 217 g/mol. The van der Waals surface area contributed by atoms with Gasteiger partial charge in [-0.05, 0) is 6.07 Å². The molecule has 4 N–H and O–H groups in total. The van der Waals surface area contributed by atoms with Gasteiger partial charge in [0.15, 0.2) is 0 Å². The summed E-state index contributed by atoms with van der Waals surface area (Å²) in [6.45, 7) is -0.383. The lowest BCUT2D eigenvalue weighted by Crippen LogP contribution is -2.28. The average Bonchev–Trinajstić information content (AvgIpc) is 2.18. The van der Waals surface area contributed by atoms with Crippen LogP contribution in [0.15, 0.2) is 17.2 Å². The maximum absolute atomic E-state index is 11.6. The molecule has 80 valence electrons. The lowest BCUT2D eigenvalue weighted by Gasteiger charge is -2.07. The molecule has 0 unspecified atom stereocenters. The minimum Gasteiger partial charge on any atom is -0.395 e. The van der Waals surface area contributed by atoms with Gasteiger partial charge < -0.3 is 10.8 Å². The third-order valence-corrected chi connectivity index (χ3v) is 3.09. The number of aromatic nitrogens is 1. The van der Waals surface area contributed by atoms with E-state index < -0.39 is 10.0 Å². The number of anilines is 1. The number of nitrogens with one attached hydrogen (secondary N) is 1. The second-order valence-electron chi connectivity index (χ2n) is 2.77. The number of rotatable bonds is 4. The molecule has 0 aliphatic rings. The highest BCUT2D eigenvalue weighted by molar-refractivity contribution is 7.89. The maximum atomic E-state index is 11.6. The Kier molecular flexibility index (Phi) is 3.67. The van der Waals surface area contributed by atoms with Gasteiger partial charge in [0.2, 0.25) is 10.0 Å². The Balaban J connectivity index is 3.09. The van der Waals surface area contributed by atoms with E-state index in [1.165, 1.54) is 12.3 Å². The summed E-state index contributed by atoms with van der Waals surface area (Å²) in [5, 5.41) is 8.50. The summed E-state index contributed by atoms with van der Waals surface area (Å²) in [4.78, 5) is 3.44. The summed E-state index contributed by atoms with van der Waals surface area (Å²) in [6.07, 6.45) is 1.26. The highest BCUT2D eigenvalue weighted by Gasteiger charge is 2.17. The van der Waals surface area contributed by atoms with Crippen molar-refractivity contribution in [2.24, 2.45) is 0 Å². The van der Waals surface area contributed by atoms with Gasteiger partial charge in [-0.25, -0.2) is 18.1 Å². The predicted octanol–water partition coefficient (Wildman–Crippen LogP) is -2.27. The van der Waals surface area contributed by atoms with Crippen molar-refractivity contribution in [3.05, 3.63) is 12.3 Å². The Hall–Kier alpha value is -1.12. The summed E-state index contributed by atoms with van der Waals surface area (Å²) in [6, 6.07) is 1.21. The van der Waals surface area contributed by atoms with Crippen LogP contribution in [-0.2, 0) is 10.0 Å².